The van der Waals surface area contributed by atoms with Gasteiger partial charge in [-0.25, -0.2) is 4.98 Å². The summed E-state index contributed by atoms with van der Waals surface area (Å²) in [4.78, 5) is 18.8. The summed E-state index contributed by atoms with van der Waals surface area (Å²) in [5.41, 5.74) is 0.510. The molecule has 1 aliphatic carbocycles. The zero-order valence-electron chi connectivity index (χ0n) is 12.2. The van der Waals surface area contributed by atoms with Crippen molar-refractivity contribution in [1.82, 2.24) is 19.8 Å². The van der Waals surface area contributed by atoms with Crippen LogP contribution in [0.25, 0.3) is 0 Å². The molecule has 20 heavy (non-hydrogen) atoms. The summed E-state index contributed by atoms with van der Waals surface area (Å²) in [6.45, 7) is 4.69. The van der Waals surface area contributed by atoms with Gasteiger partial charge in [0.2, 0.25) is 5.95 Å². The van der Waals surface area contributed by atoms with E-state index in [9.17, 15) is 4.79 Å². The Morgan fingerprint density at radius 3 is 3.15 bits per heavy atom. The van der Waals surface area contributed by atoms with Crippen molar-refractivity contribution in [2.75, 3.05) is 25.5 Å². The Hall–Kier alpha value is -1.56. The molecule has 1 aromatic heterocycles. The number of nitrogens with one attached hydrogen (secondary N) is 2. The van der Waals surface area contributed by atoms with Crippen LogP contribution in [0.3, 0.4) is 0 Å². The number of aromatic nitrogens is 2. The molecule has 2 heterocycles. The largest absolute Gasteiger partial charge is 0.356 e. The number of fused-ring (bicyclic) bond motifs is 1. The third-order valence-corrected chi connectivity index (χ3v) is 4.24. The summed E-state index contributed by atoms with van der Waals surface area (Å²) in [7, 11) is 2.13. The summed E-state index contributed by atoms with van der Waals surface area (Å²) in [5, 5.41) is 6.19. The lowest BCUT2D eigenvalue weighted by atomic mass is 10.3. The maximum atomic E-state index is 12.1. The van der Waals surface area contributed by atoms with Gasteiger partial charge in [-0.1, -0.05) is 0 Å². The molecule has 2 N–H and O–H groups in total. The van der Waals surface area contributed by atoms with Crippen molar-refractivity contribution in [1.29, 1.82) is 0 Å². The van der Waals surface area contributed by atoms with Gasteiger partial charge >= 0.3 is 0 Å². The minimum atomic E-state index is -0.0789. The molecular formula is C14H23N5O. The highest BCUT2D eigenvalue weighted by molar-refractivity contribution is 5.92. The number of imidazole rings is 1. The Balaban J connectivity index is 1.54. The highest BCUT2D eigenvalue weighted by Gasteiger charge is 2.29. The number of nitrogens with zero attached hydrogens (tertiary/aromatic N) is 3. The average molecular weight is 277 g/mol. The van der Waals surface area contributed by atoms with E-state index in [1.54, 1.807) is 0 Å². The molecule has 0 bridgehead atoms. The van der Waals surface area contributed by atoms with Crippen LogP contribution < -0.4 is 10.6 Å². The zero-order chi connectivity index (χ0) is 14.1. The minimum Gasteiger partial charge on any atom is -0.356 e. The van der Waals surface area contributed by atoms with Crippen LogP contribution in [0.5, 0.6) is 0 Å². The third kappa shape index (κ3) is 2.80. The van der Waals surface area contributed by atoms with Gasteiger partial charge in [0.05, 0.1) is 0 Å². The first-order valence-corrected chi connectivity index (χ1v) is 7.46. The van der Waals surface area contributed by atoms with Gasteiger partial charge in [-0.3, -0.25) is 9.69 Å². The minimum absolute atomic E-state index is 0.0789. The van der Waals surface area contributed by atoms with Crippen molar-refractivity contribution in [2.24, 2.45) is 0 Å². The molecule has 1 atom stereocenters. The van der Waals surface area contributed by atoms with Crippen LogP contribution in [0, 0.1) is 0 Å². The van der Waals surface area contributed by atoms with E-state index in [1.165, 1.54) is 12.8 Å². The van der Waals surface area contributed by atoms with E-state index in [1.807, 2.05) is 10.8 Å². The molecule has 1 aliphatic heterocycles. The Labute approximate surface area is 119 Å². The number of carbonyl (C=O) groups is 1. The average Bonchev–Trinajstić information content (AvgIpc) is 3.21. The van der Waals surface area contributed by atoms with Crippen LogP contribution in [0.1, 0.15) is 36.7 Å². The number of amides is 1. The highest BCUT2D eigenvalue weighted by atomic mass is 16.1. The number of aryl methyl sites for hydroxylation is 1. The van der Waals surface area contributed by atoms with Gasteiger partial charge in [0, 0.05) is 37.9 Å². The quantitative estimate of drug-likeness (QED) is 0.840. The number of hydrogen-bond donors (Lipinski definition) is 2. The fourth-order valence-corrected chi connectivity index (χ4v) is 2.60. The van der Waals surface area contributed by atoms with E-state index in [-0.39, 0.29) is 5.91 Å². The fraction of sp³-hybridized carbons (Fsp3) is 0.714. The Bertz CT molecular complexity index is 470. The highest BCUT2D eigenvalue weighted by Crippen LogP contribution is 2.26. The predicted octanol–water partition coefficient (Wildman–Crippen LogP) is 0.911. The summed E-state index contributed by atoms with van der Waals surface area (Å²) in [6.07, 6.45) is 5.49. The SMILES string of the molecule is CC(CNC(=O)c1cn2c(n1)NCCC2)N(C)C1CC1. The molecule has 1 fully saturated rings. The first kappa shape index (κ1) is 13.4. The van der Waals surface area contributed by atoms with Crippen LogP contribution in [0.4, 0.5) is 5.95 Å². The van der Waals surface area contributed by atoms with Gasteiger partial charge in [-0.15, -0.1) is 0 Å². The summed E-state index contributed by atoms with van der Waals surface area (Å²) >= 11 is 0. The first-order valence-electron chi connectivity index (χ1n) is 7.46. The molecular weight excluding hydrogens is 254 g/mol. The lowest BCUT2D eigenvalue weighted by Gasteiger charge is -2.24. The van der Waals surface area contributed by atoms with Crippen molar-refractivity contribution in [3.8, 4) is 0 Å². The maximum absolute atomic E-state index is 12.1. The van der Waals surface area contributed by atoms with Crippen molar-refractivity contribution < 1.29 is 4.79 Å². The van der Waals surface area contributed by atoms with Gasteiger partial charge in [0.1, 0.15) is 5.69 Å². The van der Waals surface area contributed by atoms with Crippen LogP contribution in [0.2, 0.25) is 0 Å². The summed E-state index contributed by atoms with van der Waals surface area (Å²) < 4.78 is 2.01. The van der Waals surface area contributed by atoms with Gasteiger partial charge in [-0.05, 0) is 33.2 Å². The Morgan fingerprint density at radius 2 is 2.45 bits per heavy atom. The lowest BCUT2D eigenvalue weighted by Crippen LogP contribution is -2.41. The van der Waals surface area contributed by atoms with E-state index in [2.05, 4.69) is 34.5 Å². The van der Waals surface area contributed by atoms with Crippen LogP contribution in [-0.2, 0) is 6.54 Å². The second-order valence-corrected chi connectivity index (χ2v) is 5.88. The Kier molecular flexibility index (Phi) is 3.65. The van der Waals surface area contributed by atoms with Crippen molar-refractivity contribution in [3.63, 3.8) is 0 Å². The molecule has 2 aliphatic rings. The molecule has 1 amide bonds. The number of rotatable bonds is 5. The van der Waals surface area contributed by atoms with Crippen molar-refractivity contribution in [3.05, 3.63) is 11.9 Å². The molecule has 1 saturated carbocycles. The molecule has 1 aromatic rings. The van der Waals surface area contributed by atoms with Gasteiger partial charge < -0.3 is 15.2 Å². The van der Waals surface area contributed by atoms with E-state index in [0.717, 1.165) is 25.5 Å². The van der Waals surface area contributed by atoms with Crippen LogP contribution in [0.15, 0.2) is 6.20 Å². The molecule has 110 valence electrons. The number of anilines is 1. The molecule has 0 aromatic carbocycles. The van der Waals surface area contributed by atoms with E-state index in [4.69, 9.17) is 0 Å². The molecule has 6 heteroatoms. The van der Waals surface area contributed by atoms with Crippen molar-refractivity contribution in [2.45, 2.75) is 44.8 Å². The number of hydrogen-bond acceptors (Lipinski definition) is 4. The van der Waals surface area contributed by atoms with E-state index in [0.29, 0.717) is 24.3 Å². The lowest BCUT2D eigenvalue weighted by molar-refractivity contribution is 0.0935. The van der Waals surface area contributed by atoms with Crippen LogP contribution in [-0.4, -0.2) is 52.6 Å². The first-order chi connectivity index (χ1) is 9.65. The molecule has 1 unspecified atom stereocenters. The number of carbonyl (C=O) groups excluding carboxylic acids is 1. The third-order valence-electron chi connectivity index (χ3n) is 4.24. The zero-order valence-corrected chi connectivity index (χ0v) is 12.2. The molecule has 3 rings (SSSR count). The van der Waals surface area contributed by atoms with Gasteiger partial charge in [0.15, 0.2) is 0 Å². The topological polar surface area (TPSA) is 62.2 Å². The second-order valence-electron chi connectivity index (χ2n) is 5.88. The maximum Gasteiger partial charge on any atom is 0.271 e. The van der Waals surface area contributed by atoms with Gasteiger partial charge in [0.25, 0.3) is 5.91 Å². The molecule has 0 spiro atoms. The monoisotopic (exact) mass is 277 g/mol. The molecule has 6 nitrogen and oxygen atoms in total. The van der Waals surface area contributed by atoms with Gasteiger partial charge in [-0.2, -0.15) is 0 Å². The van der Waals surface area contributed by atoms with Crippen molar-refractivity contribution >= 4 is 11.9 Å². The molecule has 0 saturated heterocycles. The second kappa shape index (κ2) is 5.44. The van der Waals surface area contributed by atoms with E-state index >= 15 is 0 Å². The Morgan fingerprint density at radius 1 is 1.65 bits per heavy atom. The molecule has 0 radical (unpaired) electrons. The summed E-state index contributed by atoms with van der Waals surface area (Å²) in [6, 6.07) is 1.08. The summed E-state index contributed by atoms with van der Waals surface area (Å²) in [5.74, 6) is 0.731. The smallest absolute Gasteiger partial charge is 0.271 e. The van der Waals surface area contributed by atoms with Crippen LogP contribution >= 0.6 is 0 Å². The van der Waals surface area contributed by atoms with E-state index < -0.39 is 0 Å². The predicted molar refractivity (Wildman–Crippen MR) is 77.9 cm³/mol. The standard InChI is InChI=1S/C14H23N5O/c1-10(18(2)11-4-5-11)8-16-13(20)12-9-19-7-3-6-15-14(19)17-12/h9-11H,3-8H2,1-2H3,(H,15,17)(H,16,20). The fourth-order valence-electron chi connectivity index (χ4n) is 2.60. The normalized spacial score (nSPS) is 19.4. The number of likely N-dealkylation sites (N-methyl/N-ethyl adjacent to an activating group) is 1.